The number of fused-ring (bicyclic) bond motifs is 3. The lowest BCUT2D eigenvalue weighted by molar-refractivity contribution is -0.142. The fraction of sp³-hybridized carbons (Fsp3) is 0.471. The molecule has 0 spiro atoms. The summed E-state index contributed by atoms with van der Waals surface area (Å²) in [4.78, 5) is 38.1. The Balaban J connectivity index is 1.76. The molecular weight excluding hydrogens is 328 g/mol. The molecule has 3 atom stereocenters. The molecule has 3 rings (SSSR count). The number of aliphatic carboxylic acids is 1. The molecule has 7 heteroatoms. The summed E-state index contributed by atoms with van der Waals surface area (Å²) in [5, 5.41) is 11.7. The fourth-order valence-electron chi connectivity index (χ4n) is 3.20. The van der Waals surface area contributed by atoms with Crippen molar-refractivity contribution in [2.45, 2.75) is 37.7 Å². The van der Waals surface area contributed by atoms with Gasteiger partial charge in [0.05, 0.1) is 0 Å². The highest BCUT2D eigenvalue weighted by Gasteiger charge is 2.48. The summed E-state index contributed by atoms with van der Waals surface area (Å²) < 4.78 is 0. The van der Waals surface area contributed by atoms with Gasteiger partial charge in [0, 0.05) is 11.3 Å². The standard InChI is InChI=1S/C17H20N2O4S/c1-9(2)7-12(17(22)23)18-14(20)13-8-24-16-11-6-4-3-5-10(11)15(21)19(13)16/h3-6,9,12-13,16H,7-8H2,1-2H3,(H,18,20)(H,22,23)/t12-,13-,16+/m0/s1. The molecule has 6 nitrogen and oxygen atoms in total. The van der Waals surface area contributed by atoms with Crippen LogP contribution in [0.4, 0.5) is 0 Å². The molecule has 2 amide bonds. The molecule has 2 heterocycles. The first-order valence-electron chi connectivity index (χ1n) is 7.96. The van der Waals surface area contributed by atoms with Crippen LogP contribution in [0.25, 0.3) is 0 Å². The van der Waals surface area contributed by atoms with Crippen molar-refractivity contribution in [2.24, 2.45) is 5.92 Å². The molecule has 1 aromatic rings. The van der Waals surface area contributed by atoms with Crippen molar-refractivity contribution >= 4 is 29.5 Å². The highest BCUT2D eigenvalue weighted by molar-refractivity contribution is 7.99. The second-order valence-corrected chi connectivity index (χ2v) is 7.64. The van der Waals surface area contributed by atoms with Crippen LogP contribution in [0.5, 0.6) is 0 Å². The molecule has 2 N–H and O–H groups in total. The highest BCUT2D eigenvalue weighted by atomic mass is 32.2. The number of thioether (sulfide) groups is 1. The van der Waals surface area contributed by atoms with E-state index in [-0.39, 0.29) is 23.1 Å². The molecule has 0 saturated carbocycles. The first kappa shape index (κ1) is 16.8. The van der Waals surface area contributed by atoms with Gasteiger partial charge in [0.1, 0.15) is 17.5 Å². The Morgan fingerprint density at radius 3 is 2.75 bits per heavy atom. The van der Waals surface area contributed by atoms with E-state index in [1.807, 2.05) is 32.0 Å². The third-order valence-electron chi connectivity index (χ3n) is 4.32. The quantitative estimate of drug-likeness (QED) is 0.848. The van der Waals surface area contributed by atoms with Gasteiger partial charge < -0.3 is 15.3 Å². The Bertz CT molecular complexity index is 691. The fourth-order valence-corrected chi connectivity index (χ4v) is 4.67. The molecule has 2 aliphatic rings. The first-order chi connectivity index (χ1) is 11.4. The minimum absolute atomic E-state index is 0.148. The minimum atomic E-state index is -1.05. The maximum atomic E-state index is 12.6. The number of nitrogens with one attached hydrogen (secondary N) is 1. The summed E-state index contributed by atoms with van der Waals surface area (Å²) in [5.41, 5.74) is 1.56. The number of hydrogen-bond donors (Lipinski definition) is 2. The van der Waals surface area contributed by atoms with Gasteiger partial charge in [0.15, 0.2) is 0 Å². The van der Waals surface area contributed by atoms with Crippen LogP contribution in [0, 0.1) is 5.92 Å². The molecule has 1 fully saturated rings. The number of hydrogen-bond acceptors (Lipinski definition) is 4. The van der Waals surface area contributed by atoms with Gasteiger partial charge in [-0.1, -0.05) is 32.0 Å². The number of nitrogens with zero attached hydrogens (tertiary/aromatic N) is 1. The Hall–Kier alpha value is -2.02. The average molecular weight is 348 g/mol. The van der Waals surface area contributed by atoms with E-state index in [0.717, 1.165) is 5.56 Å². The SMILES string of the molecule is CC(C)C[C@H](NC(=O)[C@@H]1CS[C@@H]2c3ccccc3C(=O)N21)C(=O)O. The number of carboxylic acid groups (broad SMARTS) is 1. The summed E-state index contributed by atoms with van der Waals surface area (Å²) in [5.74, 6) is -0.967. The first-order valence-corrected chi connectivity index (χ1v) is 9.01. The lowest BCUT2D eigenvalue weighted by atomic mass is 10.0. The molecule has 0 aliphatic carbocycles. The summed E-state index contributed by atoms with van der Waals surface area (Å²) in [6.45, 7) is 3.81. The van der Waals surface area contributed by atoms with E-state index in [1.165, 1.54) is 0 Å². The lowest BCUT2D eigenvalue weighted by Gasteiger charge is -2.25. The molecule has 0 bridgehead atoms. The van der Waals surface area contributed by atoms with Gasteiger partial charge in [0.25, 0.3) is 5.91 Å². The Morgan fingerprint density at radius 2 is 2.08 bits per heavy atom. The number of amides is 2. The van der Waals surface area contributed by atoms with Gasteiger partial charge in [0.2, 0.25) is 5.91 Å². The van der Waals surface area contributed by atoms with Gasteiger partial charge >= 0.3 is 5.97 Å². The third kappa shape index (κ3) is 2.88. The smallest absolute Gasteiger partial charge is 0.326 e. The van der Waals surface area contributed by atoms with Crippen LogP contribution in [-0.4, -0.2) is 45.6 Å². The Kier molecular flexibility index (Phi) is 4.54. The van der Waals surface area contributed by atoms with E-state index in [4.69, 9.17) is 0 Å². The van der Waals surface area contributed by atoms with E-state index >= 15 is 0 Å². The number of carboxylic acids is 1. The van der Waals surface area contributed by atoms with Gasteiger partial charge in [-0.15, -0.1) is 11.8 Å². The maximum absolute atomic E-state index is 12.6. The molecule has 1 aromatic carbocycles. The second-order valence-electron chi connectivity index (χ2n) is 6.53. The van der Waals surface area contributed by atoms with Crippen molar-refractivity contribution in [1.82, 2.24) is 10.2 Å². The zero-order valence-corrected chi connectivity index (χ0v) is 14.4. The summed E-state index contributed by atoms with van der Waals surface area (Å²) in [7, 11) is 0. The average Bonchev–Trinajstić information content (AvgIpc) is 3.07. The summed E-state index contributed by atoms with van der Waals surface area (Å²) >= 11 is 1.54. The normalized spacial score (nSPS) is 23.1. The van der Waals surface area contributed by atoms with Crippen molar-refractivity contribution in [1.29, 1.82) is 0 Å². The van der Waals surface area contributed by atoms with Crippen molar-refractivity contribution in [2.75, 3.05) is 5.75 Å². The van der Waals surface area contributed by atoms with Crippen molar-refractivity contribution in [3.8, 4) is 0 Å². The van der Waals surface area contributed by atoms with Crippen LogP contribution < -0.4 is 5.32 Å². The van der Waals surface area contributed by atoms with E-state index < -0.39 is 18.1 Å². The zero-order valence-electron chi connectivity index (χ0n) is 13.6. The molecule has 0 unspecified atom stereocenters. The molecule has 2 aliphatic heterocycles. The van der Waals surface area contributed by atoms with Crippen LogP contribution in [-0.2, 0) is 9.59 Å². The third-order valence-corrected chi connectivity index (χ3v) is 5.62. The van der Waals surface area contributed by atoms with Gasteiger partial charge in [-0.05, 0) is 24.0 Å². The number of carbonyl (C=O) groups is 3. The van der Waals surface area contributed by atoms with Gasteiger partial charge in [-0.3, -0.25) is 9.59 Å². The topological polar surface area (TPSA) is 86.7 Å². The van der Waals surface area contributed by atoms with Crippen LogP contribution in [0.3, 0.4) is 0 Å². The number of benzene rings is 1. The predicted octanol–water partition coefficient (Wildman–Crippen LogP) is 1.87. The number of rotatable bonds is 5. The number of carbonyl (C=O) groups excluding carboxylic acids is 2. The highest BCUT2D eigenvalue weighted by Crippen LogP contribution is 2.48. The van der Waals surface area contributed by atoms with Crippen molar-refractivity contribution in [3.05, 3.63) is 35.4 Å². The predicted molar refractivity (Wildman–Crippen MR) is 90.6 cm³/mol. The molecule has 128 valence electrons. The Morgan fingerprint density at radius 1 is 1.38 bits per heavy atom. The zero-order chi connectivity index (χ0) is 17.4. The summed E-state index contributed by atoms with van der Waals surface area (Å²) in [6, 6.07) is 5.80. The van der Waals surface area contributed by atoms with E-state index in [1.54, 1.807) is 22.7 Å². The van der Waals surface area contributed by atoms with Gasteiger partial charge in [-0.2, -0.15) is 0 Å². The molecule has 24 heavy (non-hydrogen) atoms. The van der Waals surface area contributed by atoms with E-state index in [0.29, 0.717) is 17.7 Å². The Labute approximate surface area is 144 Å². The van der Waals surface area contributed by atoms with Crippen molar-refractivity contribution in [3.63, 3.8) is 0 Å². The maximum Gasteiger partial charge on any atom is 0.326 e. The van der Waals surface area contributed by atoms with Crippen LogP contribution >= 0.6 is 11.8 Å². The molecular formula is C17H20N2O4S. The molecule has 0 aromatic heterocycles. The van der Waals surface area contributed by atoms with Gasteiger partial charge in [-0.25, -0.2) is 4.79 Å². The van der Waals surface area contributed by atoms with Crippen LogP contribution in [0.15, 0.2) is 24.3 Å². The lowest BCUT2D eigenvalue weighted by Crippen LogP contribution is -2.51. The monoisotopic (exact) mass is 348 g/mol. The van der Waals surface area contributed by atoms with E-state index in [2.05, 4.69) is 5.32 Å². The van der Waals surface area contributed by atoms with Crippen LogP contribution in [0.1, 0.15) is 41.6 Å². The second kappa shape index (κ2) is 6.47. The largest absolute Gasteiger partial charge is 0.480 e. The van der Waals surface area contributed by atoms with Crippen molar-refractivity contribution < 1.29 is 19.5 Å². The van der Waals surface area contributed by atoms with E-state index in [9.17, 15) is 19.5 Å². The van der Waals surface area contributed by atoms with Crippen LogP contribution in [0.2, 0.25) is 0 Å². The molecule has 0 radical (unpaired) electrons. The minimum Gasteiger partial charge on any atom is -0.480 e. The molecule has 1 saturated heterocycles. The summed E-state index contributed by atoms with van der Waals surface area (Å²) in [6.07, 6.45) is 0.360.